The molecule has 0 unspecified atom stereocenters. The van der Waals surface area contributed by atoms with Crippen molar-refractivity contribution in [3.05, 3.63) is 34.6 Å². The standard InChI is InChI=1S/C13H14ClFO2S/c14-11-2-1-10(15)5-9(11)7-18-8-13(3-4-13)6-12(16)17/h1-2,5H,3-4,6-8H2,(H,16,17). The molecule has 98 valence electrons. The smallest absolute Gasteiger partial charge is 0.303 e. The van der Waals surface area contributed by atoms with E-state index < -0.39 is 5.97 Å². The van der Waals surface area contributed by atoms with Crippen LogP contribution in [0.5, 0.6) is 0 Å². The maximum absolute atomic E-state index is 13.0. The summed E-state index contributed by atoms with van der Waals surface area (Å²) < 4.78 is 13.0. The summed E-state index contributed by atoms with van der Waals surface area (Å²) in [6, 6.07) is 4.33. The molecule has 1 aromatic carbocycles. The Hall–Kier alpha value is -0.740. The van der Waals surface area contributed by atoms with Gasteiger partial charge < -0.3 is 5.11 Å². The molecule has 1 aliphatic carbocycles. The largest absolute Gasteiger partial charge is 0.481 e. The van der Waals surface area contributed by atoms with E-state index in [1.807, 2.05) is 0 Å². The lowest BCUT2D eigenvalue weighted by atomic mass is 10.1. The minimum absolute atomic E-state index is 0.0314. The van der Waals surface area contributed by atoms with Gasteiger partial charge in [-0.3, -0.25) is 4.79 Å². The summed E-state index contributed by atoms with van der Waals surface area (Å²) >= 11 is 7.60. The second-order valence-electron chi connectivity index (χ2n) is 4.80. The van der Waals surface area contributed by atoms with Gasteiger partial charge in [0.1, 0.15) is 5.82 Å². The molecule has 0 saturated heterocycles. The van der Waals surface area contributed by atoms with Crippen molar-refractivity contribution in [2.45, 2.75) is 25.0 Å². The maximum atomic E-state index is 13.0. The van der Waals surface area contributed by atoms with Crippen LogP contribution in [0, 0.1) is 11.2 Å². The van der Waals surface area contributed by atoms with Gasteiger partial charge in [-0.15, -0.1) is 0 Å². The Labute approximate surface area is 115 Å². The van der Waals surface area contributed by atoms with Gasteiger partial charge in [-0.1, -0.05) is 11.6 Å². The van der Waals surface area contributed by atoms with Crippen LogP contribution in [0.4, 0.5) is 4.39 Å². The Morgan fingerprint density at radius 2 is 2.22 bits per heavy atom. The molecule has 0 aromatic heterocycles. The van der Waals surface area contributed by atoms with Gasteiger partial charge in [-0.2, -0.15) is 11.8 Å². The summed E-state index contributed by atoms with van der Waals surface area (Å²) in [5, 5.41) is 9.37. The Kier molecular flexibility index (Phi) is 4.17. The molecule has 1 saturated carbocycles. The topological polar surface area (TPSA) is 37.3 Å². The number of carboxylic acids is 1. The van der Waals surface area contributed by atoms with E-state index in [-0.39, 0.29) is 17.7 Å². The number of carbonyl (C=O) groups is 1. The van der Waals surface area contributed by atoms with Crippen LogP contribution in [0.1, 0.15) is 24.8 Å². The first-order chi connectivity index (χ1) is 8.51. The fourth-order valence-electron chi connectivity index (χ4n) is 1.90. The lowest BCUT2D eigenvalue weighted by Crippen LogP contribution is -2.11. The number of carboxylic acid groups (broad SMARTS) is 1. The lowest BCUT2D eigenvalue weighted by Gasteiger charge is -2.12. The normalized spacial score (nSPS) is 16.6. The van der Waals surface area contributed by atoms with Crippen LogP contribution in [-0.2, 0) is 10.5 Å². The average Bonchev–Trinajstić information content (AvgIpc) is 3.02. The predicted octanol–water partition coefficient (Wildman–Crippen LogP) is 3.97. The van der Waals surface area contributed by atoms with Gasteiger partial charge in [0.05, 0.1) is 6.42 Å². The van der Waals surface area contributed by atoms with Crippen molar-refractivity contribution in [3.8, 4) is 0 Å². The minimum Gasteiger partial charge on any atom is -0.481 e. The highest BCUT2D eigenvalue weighted by Gasteiger charge is 2.44. The molecule has 0 heterocycles. The van der Waals surface area contributed by atoms with Gasteiger partial charge in [-0.05, 0) is 47.8 Å². The number of aliphatic carboxylic acids is 1. The third-order valence-electron chi connectivity index (χ3n) is 3.16. The molecular weight excluding hydrogens is 275 g/mol. The lowest BCUT2D eigenvalue weighted by molar-refractivity contribution is -0.138. The van der Waals surface area contributed by atoms with E-state index in [1.54, 1.807) is 17.8 Å². The molecule has 2 rings (SSSR count). The van der Waals surface area contributed by atoms with Crippen molar-refractivity contribution < 1.29 is 14.3 Å². The Morgan fingerprint density at radius 3 is 2.83 bits per heavy atom. The number of halogens is 2. The van der Waals surface area contributed by atoms with Crippen molar-refractivity contribution in [2.24, 2.45) is 5.41 Å². The van der Waals surface area contributed by atoms with Crippen LogP contribution in [0.25, 0.3) is 0 Å². The van der Waals surface area contributed by atoms with E-state index >= 15 is 0 Å². The van der Waals surface area contributed by atoms with Crippen molar-refractivity contribution >= 4 is 29.3 Å². The van der Waals surface area contributed by atoms with Gasteiger partial charge in [0.25, 0.3) is 0 Å². The summed E-state index contributed by atoms with van der Waals surface area (Å²) in [6.45, 7) is 0. The molecule has 0 spiro atoms. The van der Waals surface area contributed by atoms with Gasteiger partial charge in [-0.25, -0.2) is 4.39 Å². The van der Waals surface area contributed by atoms with Crippen molar-refractivity contribution in [1.29, 1.82) is 0 Å². The van der Waals surface area contributed by atoms with E-state index in [4.69, 9.17) is 16.7 Å². The van der Waals surface area contributed by atoms with Crippen LogP contribution >= 0.6 is 23.4 Å². The van der Waals surface area contributed by atoms with E-state index in [1.165, 1.54) is 12.1 Å². The SMILES string of the molecule is O=C(O)CC1(CSCc2cc(F)ccc2Cl)CC1. The van der Waals surface area contributed by atoms with Gasteiger partial charge in [0.2, 0.25) is 0 Å². The zero-order valence-corrected chi connectivity index (χ0v) is 11.4. The monoisotopic (exact) mass is 288 g/mol. The second kappa shape index (κ2) is 5.49. The zero-order valence-electron chi connectivity index (χ0n) is 9.79. The molecule has 1 aromatic rings. The van der Waals surface area contributed by atoms with Gasteiger partial charge >= 0.3 is 5.97 Å². The third-order valence-corrected chi connectivity index (χ3v) is 4.86. The fraction of sp³-hybridized carbons (Fsp3) is 0.462. The number of thioether (sulfide) groups is 1. The van der Waals surface area contributed by atoms with Crippen molar-refractivity contribution in [3.63, 3.8) is 0 Å². The van der Waals surface area contributed by atoms with E-state index in [0.717, 1.165) is 24.2 Å². The summed E-state index contributed by atoms with van der Waals surface area (Å²) in [6.07, 6.45) is 2.18. The molecule has 1 aliphatic rings. The molecule has 0 bridgehead atoms. The molecule has 0 radical (unpaired) electrons. The number of rotatable bonds is 6. The Morgan fingerprint density at radius 1 is 1.50 bits per heavy atom. The molecule has 5 heteroatoms. The van der Waals surface area contributed by atoms with Crippen LogP contribution in [-0.4, -0.2) is 16.8 Å². The Balaban J connectivity index is 1.85. The summed E-state index contributed by atoms with van der Waals surface area (Å²) in [4.78, 5) is 10.7. The molecule has 0 amide bonds. The molecular formula is C13H14ClFO2S. The van der Waals surface area contributed by atoms with E-state index in [0.29, 0.717) is 10.8 Å². The highest BCUT2D eigenvalue weighted by atomic mass is 35.5. The Bertz CT molecular complexity index is 460. The van der Waals surface area contributed by atoms with E-state index in [9.17, 15) is 9.18 Å². The second-order valence-corrected chi connectivity index (χ2v) is 6.19. The molecule has 18 heavy (non-hydrogen) atoms. The van der Waals surface area contributed by atoms with E-state index in [2.05, 4.69) is 0 Å². The average molecular weight is 289 g/mol. The summed E-state index contributed by atoms with van der Waals surface area (Å²) in [5.41, 5.74) is 0.740. The van der Waals surface area contributed by atoms with Gasteiger partial charge in [0.15, 0.2) is 0 Å². The minimum atomic E-state index is -0.739. The molecule has 1 fully saturated rings. The summed E-state index contributed by atoms with van der Waals surface area (Å²) in [7, 11) is 0. The van der Waals surface area contributed by atoms with Crippen LogP contribution in [0.15, 0.2) is 18.2 Å². The van der Waals surface area contributed by atoms with Crippen molar-refractivity contribution in [1.82, 2.24) is 0 Å². The third kappa shape index (κ3) is 3.62. The van der Waals surface area contributed by atoms with Crippen LogP contribution < -0.4 is 0 Å². The first-order valence-corrected chi connectivity index (χ1v) is 7.28. The highest BCUT2D eigenvalue weighted by molar-refractivity contribution is 7.98. The zero-order chi connectivity index (χ0) is 13.2. The van der Waals surface area contributed by atoms with Crippen molar-refractivity contribution in [2.75, 3.05) is 5.75 Å². The van der Waals surface area contributed by atoms with Crippen LogP contribution in [0.3, 0.4) is 0 Å². The molecule has 2 nitrogen and oxygen atoms in total. The first-order valence-electron chi connectivity index (χ1n) is 5.74. The van der Waals surface area contributed by atoms with Gasteiger partial charge in [0, 0.05) is 10.8 Å². The number of benzene rings is 1. The first kappa shape index (κ1) is 13.7. The predicted molar refractivity (Wildman–Crippen MR) is 71.5 cm³/mol. The quantitative estimate of drug-likeness (QED) is 0.861. The summed E-state index contributed by atoms with van der Waals surface area (Å²) in [5.74, 6) is 0.392. The molecule has 0 atom stereocenters. The number of hydrogen-bond acceptors (Lipinski definition) is 2. The van der Waals surface area contributed by atoms with Crippen LogP contribution in [0.2, 0.25) is 5.02 Å². The molecule has 1 N–H and O–H groups in total. The maximum Gasteiger partial charge on any atom is 0.303 e. The molecule has 0 aliphatic heterocycles. The number of hydrogen-bond donors (Lipinski definition) is 1. The highest BCUT2D eigenvalue weighted by Crippen LogP contribution is 2.51. The fourth-order valence-corrected chi connectivity index (χ4v) is 3.55.